The van der Waals surface area contributed by atoms with Crippen LogP contribution in [0.25, 0.3) is 5.69 Å². The van der Waals surface area contributed by atoms with Crippen LogP contribution in [0.3, 0.4) is 0 Å². The first kappa shape index (κ1) is 11.4. The van der Waals surface area contributed by atoms with E-state index in [2.05, 4.69) is 5.10 Å². The molecule has 0 radical (unpaired) electrons. The van der Waals surface area contributed by atoms with Gasteiger partial charge in [0.1, 0.15) is 0 Å². The average Bonchev–Trinajstić information content (AvgIpc) is 2.80. The predicted octanol–water partition coefficient (Wildman–Crippen LogP) is 2.36. The maximum atomic E-state index is 11.5. The second-order valence-electron chi connectivity index (χ2n) is 3.73. The molecule has 1 heterocycles. The lowest BCUT2D eigenvalue weighted by molar-refractivity contribution is 0.0526. The van der Waals surface area contributed by atoms with Crippen LogP contribution in [0.2, 0.25) is 0 Å². The summed E-state index contributed by atoms with van der Waals surface area (Å²) in [7, 11) is 0. The minimum absolute atomic E-state index is 0.342. The van der Waals surface area contributed by atoms with E-state index >= 15 is 0 Å². The van der Waals surface area contributed by atoms with Crippen molar-refractivity contribution in [2.24, 2.45) is 0 Å². The number of hydrogen-bond acceptors (Lipinski definition) is 3. The van der Waals surface area contributed by atoms with Crippen LogP contribution in [-0.4, -0.2) is 22.4 Å². The number of rotatable bonds is 3. The fourth-order valence-electron chi connectivity index (χ4n) is 1.48. The normalized spacial score (nSPS) is 10.2. The molecule has 0 amide bonds. The van der Waals surface area contributed by atoms with Crippen molar-refractivity contribution in [3.63, 3.8) is 0 Å². The molecular weight excluding hydrogens is 216 g/mol. The Labute approximate surface area is 99.8 Å². The first-order valence-electron chi connectivity index (χ1n) is 5.49. The summed E-state index contributed by atoms with van der Waals surface area (Å²) in [6, 6.07) is 7.91. The van der Waals surface area contributed by atoms with E-state index in [4.69, 9.17) is 4.74 Å². The van der Waals surface area contributed by atoms with E-state index in [1.165, 1.54) is 11.8 Å². The molecule has 17 heavy (non-hydrogen) atoms. The molecule has 0 saturated heterocycles. The zero-order valence-corrected chi connectivity index (χ0v) is 9.88. The molecule has 0 atom stereocenters. The molecule has 0 bridgehead atoms. The van der Waals surface area contributed by atoms with Crippen molar-refractivity contribution in [3.05, 3.63) is 47.8 Å². The molecule has 0 aliphatic carbocycles. The quantitative estimate of drug-likeness (QED) is 0.760. The molecule has 4 heteroatoms. The molecule has 0 fully saturated rings. The topological polar surface area (TPSA) is 44.1 Å². The number of aryl methyl sites for hydroxylation is 1. The highest BCUT2D eigenvalue weighted by Gasteiger charge is 2.09. The van der Waals surface area contributed by atoms with E-state index in [1.54, 1.807) is 17.8 Å². The summed E-state index contributed by atoms with van der Waals surface area (Å²) in [6.07, 6.45) is 3.18. The van der Waals surface area contributed by atoms with Crippen LogP contribution in [0.1, 0.15) is 22.8 Å². The van der Waals surface area contributed by atoms with Crippen LogP contribution in [-0.2, 0) is 4.74 Å². The smallest absolute Gasteiger partial charge is 0.341 e. The highest BCUT2D eigenvalue weighted by Crippen LogP contribution is 2.10. The van der Waals surface area contributed by atoms with Crippen LogP contribution in [0.15, 0.2) is 36.7 Å². The molecule has 4 nitrogen and oxygen atoms in total. The first-order valence-corrected chi connectivity index (χ1v) is 5.49. The van der Waals surface area contributed by atoms with E-state index in [-0.39, 0.29) is 5.97 Å². The average molecular weight is 230 g/mol. The molecule has 0 unspecified atom stereocenters. The molecule has 0 aliphatic heterocycles. The number of nitrogens with zero attached hydrogens (tertiary/aromatic N) is 2. The molecular formula is C13H14N2O2. The number of benzene rings is 1. The van der Waals surface area contributed by atoms with Gasteiger partial charge in [-0.05, 0) is 26.0 Å². The summed E-state index contributed by atoms with van der Waals surface area (Å²) >= 11 is 0. The van der Waals surface area contributed by atoms with Crippen LogP contribution < -0.4 is 0 Å². The third kappa shape index (κ3) is 2.53. The van der Waals surface area contributed by atoms with Gasteiger partial charge in [-0.1, -0.05) is 17.7 Å². The zero-order chi connectivity index (χ0) is 12.3. The monoisotopic (exact) mass is 230 g/mol. The van der Waals surface area contributed by atoms with Crippen molar-refractivity contribution in [2.45, 2.75) is 13.8 Å². The van der Waals surface area contributed by atoms with Gasteiger partial charge in [-0.3, -0.25) is 0 Å². The number of esters is 1. The third-order valence-electron chi connectivity index (χ3n) is 2.39. The Balaban J connectivity index is 2.23. The maximum absolute atomic E-state index is 11.5. The van der Waals surface area contributed by atoms with E-state index in [0.717, 1.165) is 5.69 Å². The second-order valence-corrected chi connectivity index (χ2v) is 3.73. The Bertz CT molecular complexity index is 514. The lowest BCUT2D eigenvalue weighted by atomic mass is 10.2. The number of aromatic nitrogens is 2. The summed E-state index contributed by atoms with van der Waals surface area (Å²) < 4.78 is 6.56. The summed E-state index contributed by atoms with van der Waals surface area (Å²) in [4.78, 5) is 11.5. The molecule has 0 aliphatic rings. The van der Waals surface area contributed by atoms with Gasteiger partial charge >= 0.3 is 5.97 Å². The van der Waals surface area contributed by atoms with Crippen molar-refractivity contribution in [2.75, 3.05) is 6.61 Å². The van der Waals surface area contributed by atoms with Crippen LogP contribution in [0, 0.1) is 6.92 Å². The van der Waals surface area contributed by atoms with Crippen LogP contribution in [0.4, 0.5) is 0 Å². The van der Waals surface area contributed by atoms with Gasteiger partial charge in [-0.2, -0.15) is 5.10 Å². The summed E-state index contributed by atoms with van der Waals surface area (Å²) in [6.45, 7) is 4.17. The van der Waals surface area contributed by atoms with E-state index in [9.17, 15) is 4.79 Å². The van der Waals surface area contributed by atoms with Gasteiger partial charge in [0.05, 0.1) is 24.1 Å². The molecule has 0 saturated carbocycles. The minimum atomic E-state index is -0.342. The fraction of sp³-hybridized carbons (Fsp3) is 0.231. The molecule has 0 N–H and O–H groups in total. The minimum Gasteiger partial charge on any atom is -0.462 e. The van der Waals surface area contributed by atoms with Crippen LogP contribution in [0.5, 0.6) is 0 Å². The third-order valence-corrected chi connectivity index (χ3v) is 2.39. The van der Waals surface area contributed by atoms with Crippen molar-refractivity contribution in [3.8, 4) is 5.69 Å². The highest BCUT2D eigenvalue weighted by molar-refractivity contribution is 5.88. The highest BCUT2D eigenvalue weighted by atomic mass is 16.5. The molecule has 1 aromatic carbocycles. The molecule has 88 valence electrons. The van der Waals surface area contributed by atoms with E-state index in [1.807, 2.05) is 31.2 Å². The molecule has 2 aromatic rings. The standard InChI is InChI=1S/C13H14N2O2/c1-3-17-13(16)11-8-14-15(9-11)12-6-4-10(2)5-7-12/h4-9H,3H2,1-2H3. The summed E-state index contributed by atoms with van der Waals surface area (Å²) in [5.41, 5.74) is 2.57. The van der Waals surface area contributed by atoms with Crippen LogP contribution >= 0.6 is 0 Å². The molecule has 0 spiro atoms. The number of carbonyl (C=O) groups excluding carboxylic acids is 1. The van der Waals surface area contributed by atoms with Crippen molar-refractivity contribution < 1.29 is 9.53 Å². The summed E-state index contributed by atoms with van der Waals surface area (Å²) in [5, 5.41) is 4.14. The second kappa shape index (κ2) is 4.82. The zero-order valence-electron chi connectivity index (χ0n) is 9.88. The van der Waals surface area contributed by atoms with E-state index in [0.29, 0.717) is 12.2 Å². The molecule has 1 aromatic heterocycles. The Morgan fingerprint density at radius 2 is 2.06 bits per heavy atom. The van der Waals surface area contributed by atoms with Gasteiger partial charge in [0.2, 0.25) is 0 Å². The maximum Gasteiger partial charge on any atom is 0.341 e. The Hall–Kier alpha value is -2.10. The fourth-order valence-corrected chi connectivity index (χ4v) is 1.48. The predicted molar refractivity (Wildman–Crippen MR) is 64.3 cm³/mol. The van der Waals surface area contributed by atoms with Crippen molar-refractivity contribution in [1.29, 1.82) is 0 Å². The van der Waals surface area contributed by atoms with E-state index < -0.39 is 0 Å². The largest absolute Gasteiger partial charge is 0.462 e. The first-order chi connectivity index (χ1) is 8.20. The van der Waals surface area contributed by atoms with Gasteiger partial charge < -0.3 is 4.74 Å². The Morgan fingerprint density at radius 3 is 2.71 bits per heavy atom. The van der Waals surface area contributed by atoms with Crippen molar-refractivity contribution >= 4 is 5.97 Å². The van der Waals surface area contributed by atoms with Gasteiger partial charge in [0.25, 0.3) is 0 Å². The molecule has 2 rings (SSSR count). The summed E-state index contributed by atoms with van der Waals surface area (Å²) in [5.74, 6) is -0.342. The lowest BCUT2D eigenvalue weighted by Gasteiger charge is -2.01. The van der Waals surface area contributed by atoms with Gasteiger partial charge in [-0.25, -0.2) is 9.48 Å². The SMILES string of the molecule is CCOC(=O)c1cnn(-c2ccc(C)cc2)c1. The van der Waals surface area contributed by atoms with Gasteiger partial charge in [0, 0.05) is 6.20 Å². The lowest BCUT2D eigenvalue weighted by Crippen LogP contribution is -2.03. The number of ether oxygens (including phenoxy) is 1. The van der Waals surface area contributed by atoms with Crippen molar-refractivity contribution in [1.82, 2.24) is 9.78 Å². The van der Waals surface area contributed by atoms with Gasteiger partial charge in [0.15, 0.2) is 0 Å². The number of hydrogen-bond donors (Lipinski definition) is 0. The number of carbonyl (C=O) groups is 1. The Morgan fingerprint density at radius 1 is 1.35 bits per heavy atom. The van der Waals surface area contributed by atoms with Gasteiger partial charge in [-0.15, -0.1) is 0 Å². The Kier molecular flexibility index (Phi) is 3.23.